The van der Waals surface area contributed by atoms with Gasteiger partial charge in [-0.15, -0.1) is 0 Å². The molecule has 162 valence electrons. The van der Waals surface area contributed by atoms with Crippen molar-refractivity contribution in [3.8, 4) is 0 Å². The van der Waals surface area contributed by atoms with Crippen LogP contribution in [0.4, 0.5) is 8.78 Å². The first-order chi connectivity index (χ1) is 14.2. The highest BCUT2D eigenvalue weighted by molar-refractivity contribution is 5.88. The lowest BCUT2D eigenvalue weighted by Crippen LogP contribution is -2.46. The molecule has 0 spiro atoms. The van der Waals surface area contributed by atoms with Crippen molar-refractivity contribution in [2.24, 2.45) is 5.92 Å². The maximum absolute atomic E-state index is 13.5. The van der Waals surface area contributed by atoms with Gasteiger partial charge in [0, 0.05) is 24.7 Å². The summed E-state index contributed by atoms with van der Waals surface area (Å²) in [4.78, 5) is 43.9. The number of nitrogens with one attached hydrogen (secondary N) is 2. The minimum absolute atomic E-state index is 0.130. The summed E-state index contributed by atoms with van der Waals surface area (Å²) in [5, 5.41) is 7.27. The Morgan fingerprint density at radius 1 is 1.27 bits per heavy atom. The van der Waals surface area contributed by atoms with Gasteiger partial charge in [-0.05, 0) is 39.5 Å². The Morgan fingerprint density at radius 3 is 2.57 bits per heavy atom. The molecule has 2 aliphatic rings. The smallest absolute Gasteiger partial charge is 0.262 e. The standard InChI is InChI=1S/C20H25F2N5O3/c1-10(11(2)28)24-18(29)14-4-3-13(14)16-25-17-15(19(30)26-16)9-23-27(17)12-5-7-20(21,22)8-6-12/h9-10,12-14H,3-8H2,1-2H3,(H,24,29)(H,25,26,30). The summed E-state index contributed by atoms with van der Waals surface area (Å²) in [6.07, 6.45) is 2.85. The van der Waals surface area contributed by atoms with Crippen molar-refractivity contribution in [2.45, 2.75) is 76.3 Å². The van der Waals surface area contributed by atoms with Gasteiger partial charge >= 0.3 is 0 Å². The fourth-order valence-corrected chi connectivity index (χ4v) is 4.23. The van der Waals surface area contributed by atoms with Gasteiger partial charge in [0.2, 0.25) is 11.8 Å². The molecule has 8 nitrogen and oxygen atoms in total. The first-order valence-electron chi connectivity index (χ1n) is 10.3. The van der Waals surface area contributed by atoms with Crippen LogP contribution in [0.25, 0.3) is 11.0 Å². The number of fused-ring (bicyclic) bond motifs is 1. The summed E-state index contributed by atoms with van der Waals surface area (Å²) in [7, 11) is 0. The molecule has 0 saturated heterocycles. The number of nitrogens with zero attached hydrogens (tertiary/aromatic N) is 3. The number of aromatic nitrogens is 4. The molecule has 2 aliphatic carbocycles. The second-order valence-electron chi connectivity index (χ2n) is 8.50. The largest absolute Gasteiger partial charge is 0.346 e. The van der Waals surface area contributed by atoms with Gasteiger partial charge < -0.3 is 10.3 Å². The first-order valence-corrected chi connectivity index (χ1v) is 10.3. The Hall–Kier alpha value is -2.65. The molecule has 2 aromatic rings. The fourth-order valence-electron chi connectivity index (χ4n) is 4.23. The number of rotatable bonds is 5. The highest BCUT2D eigenvalue weighted by Gasteiger charge is 2.40. The van der Waals surface area contributed by atoms with E-state index in [-0.39, 0.29) is 60.8 Å². The maximum Gasteiger partial charge on any atom is 0.262 e. The number of amides is 1. The number of ketones is 1. The molecule has 2 aromatic heterocycles. The van der Waals surface area contributed by atoms with E-state index >= 15 is 0 Å². The van der Waals surface area contributed by atoms with Gasteiger partial charge in [0.1, 0.15) is 11.2 Å². The number of H-pyrrole nitrogens is 1. The molecular formula is C20H25F2N5O3. The van der Waals surface area contributed by atoms with E-state index in [1.165, 1.54) is 13.1 Å². The SMILES string of the molecule is CC(=O)C(C)NC(=O)C1CCC1c1nc2c(cnn2C2CCC(F)(F)CC2)c(=O)[nH]1. The van der Waals surface area contributed by atoms with Crippen molar-refractivity contribution in [1.82, 2.24) is 25.1 Å². The molecule has 2 heterocycles. The third-order valence-electron chi connectivity index (χ3n) is 6.45. The van der Waals surface area contributed by atoms with E-state index in [2.05, 4.69) is 20.4 Å². The van der Waals surface area contributed by atoms with E-state index in [1.807, 2.05) is 0 Å². The first kappa shape index (κ1) is 20.6. The Morgan fingerprint density at radius 2 is 1.97 bits per heavy atom. The van der Waals surface area contributed by atoms with E-state index in [1.54, 1.807) is 11.6 Å². The quantitative estimate of drug-likeness (QED) is 0.771. The minimum Gasteiger partial charge on any atom is -0.346 e. The molecule has 0 aliphatic heterocycles. The van der Waals surface area contributed by atoms with Crippen LogP contribution in [0.1, 0.15) is 70.2 Å². The summed E-state index contributed by atoms with van der Waals surface area (Å²) in [6, 6.07) is -0.805. The zero-order valence-electron chi connectivity index (χ0n) is 17.0. The lowest BCUT2D eigenvalue weighted by molar-refractivity contribution is -0.132. The summed E-state index contributed by atoms with van der Waals surface area (Å²) in [5.41, 5.74) is 0.0117. The van der Waals surface area contributed by atoms with Crippen molar-refractivity contribution < 1.29 is 18.4 Å². The molecule has 0 bridgehead atoms. The zero-order valence-corrected chi connectivity index (χ0v) is 17.0. The molecule has 10 heteroatoms. The number of Topliss-reactive ketones (excluding diaryl/α,β-unsaturated/α-hetero) is 1. The average molecular weight is 421 g/mol. The van der Waals surface area contributed by atoms with Crippen LogP contribution in [0.15, 0.2) is 11.0 Å². The third-order valence-corrected chi connectivity index (χ3v) is 6.45. The van der Waals surface area contributed by atoms with Gasteiger partial charge in [0.15, 0.2) is 11.4 Å². The van der Waals surface area contributed by atoms with Crippen molar-refractivity contribution in [2.75, 3.05) is 0 Å². The number of carbonyl (C=O) groups excluding carboxylic acids is 2. The molecule has 0 aromatic carbocycles. The number of hydrogen-bond acceptors (Lipinski definition) is 5. The van der Waals surface area contributed by atoms with Crippen molar-refractivity contribution in [1.29, 1.82) is 0 Å². The number of hydrogen-bond donors (Lipinski definition) is 2. The second kappa shape index (κ2) is 7.55. The van der Waals surface area contributed by atoms with Crippen LogP contribution in [-0.2, 0) is 9.59 Å². The van der Waals surface area contributed by atoms with Gasteiger partial charge in [0.05, 0.1) is 18.3 Å². The van der Waals surface area contributed by atoms with E-state index in [0.717, 1.165) is 0 Å². The van der Waals surface area contributed by atoms with Gasteiger partial charge in [-0.25, -0.2) is 18.4 Å². The van der Waals surface area contributed by atoms with E-state index in [9.17, 15) is 23.2 Å². The summed E-state index contributed by atoms with van der Waals surface area (Å²) >= 11 is 0. The lowest BCUT2D eigenvalue weighted by atomic mass is 9.72. The maximum atomic E-state index is 13.5. The topological polar surface area (TPSA) is 110 Å². The number of aromatic amines is 1. The molecule has 30 heavy (non-hydrogen) atoms. The number of alkyl halides is 2. The van der Waals surface area contributed by atoms with Crippen LogP contribution in [0.2, 0.25) is 0 Å². The van der Waals surface area contributed by atoms with Crippen molar-refractivity contribution in [3.05, 3.63) is 22.4 Å². The third kappa shape index (κ3) is 3.75. The highest BCUT2D eigenvalue weighted by Crippen LogP contribution is 2.42. The molecular weight excluding hydrogens is 396 g/mol. The van der Waals surface area contributed by atoms with Crippen molar-refractivity contribution in [3.63, 3.8) is 0 Å². The molecule has 2 N–H and O–H groups in total. The fraction of sp³-hybridized carbons (Fsp3) is 0.650. The molecule has 0 radical (unpaired) electrons. The van der Waals surface area contributed by atoms with Crippen LogP contribution in [-0.4, -0.2) is 43.4 Å². The van der Waals surface area contributed by atoms with Crippen LogP contribution >= 0.6 is 0 Å². The summed E-state index contributed by atoms with van der Waals surface area (Å²) in [5.74, 6) is -3.26. The van der Waals surface area contributed by atoms with Gasteiger partial charge in [-0.3, -0.25) is 14.4 Å². The molecule has 4 rings (SSSR count). The second-order valence-corrected chi connectivity index (χ2v) is 8.50. The van der Waals surface area contributed by atoms with E-state index in [0.29, 0.717) is 29.7 Å². The van der Waals surface area contributed by atoms with Gasteiger partial charge in [0.25, 0.3) is 5.56 Å². The molecule has 2 fully saturated rings. The number of carbonyl (C=O) groups is 2. The molecule has 3 atom stereocenters. The van der Waals surface area contributed by atoms with Gasteiger partial charge in [-0.1, -0.05) is 0 Å². The predicted octanol–water partition coefficient (Wildman–Crippen LogP) is 2.46. The minimum atomic E-state index is -2.65. The monoisotopic (exact) mass is 421 g/mol. The molecule has 1 amide bonds. The Labute approximate surface area is 171 Å². The highest BCUT2D eigenvalue weighted by atomic mass is 19.3. The van der Waals surface area contributed by atoms with E-state index in [4.69, 9.17) is 0 Å². The van der Waals surface area contributed by atoms with Crippen LogP contribution in [0.3, 0.4) is 0 Å². The zero-order chi connectivity index (χ0) is 21.6. The van der Waals surface area contributed by atoms with Crippen LogP contribution < -0.4 is 10.9 Å². The lowest BCUT2D eigenvalue weighted by Gasteiger charge is -2.35. The summed E-state index contributed by atoms with van der Waals surface area (Å²) in [6.45, 7) is 3.05. The van der Waals surface area contributed by atoms with Crippen molar-refractivity contribution >= 4 is 22.7 Å². The molecule has 3 unspecified atom stereocenters. The Bertz CT molecular complexity index is 1040. The van der Waals surface area contributed by atoms with Crippen LogP contribution in [0.5, 0.6) is 0 Å². The normalized spacial score (nSPS) is 24.9. The summed E-state index contributed by atoms with van der Waals surface area (Å²) < 4.78 is 28.6. The average Bonchev–Trinajstić information content (AvgIpc) is 3.05. The Kier molecular flexibility index (Phi) is 5.19. The van der Waals surface area contributed by atoms with Crippen LogP contribution in [0, 0.1) is 5.92 Å². The Balaban J connectivity index is 1.59. The van der Waals surface area contributed by atoms with Gasteiger partial charge in [-0.2, -0.15) is 5.10 Å². The van der Waals surface area contributed by atoms with E-state index < -0.39 is 12.0 Å². The molecule has 2 saturated carbocycles. The number of halogens is 2. The predicted molar refractivity (Wildman–Crippen MR) is 104 cm³/mol.